The maximum absolute atomic E-state index is 12.1. The van der Waals surface area contributed by atoms with Crippen molar-refractivity contribution < 1.29 is 18.5 Å². The molecule has 0 unspecified atom stereocenters. The molecule has 0 saturated heterocycles. The molecule has 142 valence electrons. The quantitative estimate of drug-likeness (QED) is 0.635. The summed E-state index contributed by atoms with van der Waals surface area (Å²) in [6.07, 6.45) is 3.61. The Balaban J connectivity index is 0.00000210. The van der Waals surface area contributed by atoms with Gasteiger partial charge in [-0.05, 0) is 43.2 Å². The first-order valence-electron chi connectivity index (χ1n) is 8.35. The Kier molecular flexibility index (Phi) is 5.78. The van der Waals surface area contributed by atoms with E-state index in [1.807, 2.05) is 0 Å². The van der Waals surface area contributed by atoms with Crippen molar-refractivity contribution in [1.82, 2.24) is 10.1 Å². The SMILES string of the molecule is Cl.NCc1cc(C(=O)Nc2ccc(OCc3noc(C4CC4)n3)cc2)co1. The van der Waals surface area contributed by atoms with Crippen LogP contribution < -0.4 is 15.8 Å². The van der Waals surface area contributed by atoms with Crippen molar-refractivity contribution in [1.29, 1.82) is 0 Å². The zero-order valence-electron chi connectivity index (χ0n) is 14.4. The number of carbonyl (C=O) groups is 1. The number of nitrogens with zero attached hydrogens (tertiary/aromatic N) is 2. The first-order valence-corrected chi connectivity index (χ1v) is 8.35. The summed E-state index contributed by atoms with van der Waals surface area (Å²) in [7, 11) is 0. The molecular formula is C18H19ClN4O4. The topological polar surface area (TPSA) is 116 Å². The number of nitrogens with one attached hydrogen (secondary N) is 1. The van der Waals surface area contributed by atoms with Gasteiger partial charge in [0.25, 0.3) is 5.91 Å². The van der Waals surface area contributed by atoms with Crippen LogP contribution in [0.3, 0.4) is 0 Å². The molecule has 2 heterocycles. The lowest BCUT2D eigenvalue weighted by atomic mass is 10.2. The van der Waals surface area contributed by atoms with Crippen molar-refractivity contribution in [3.8, 4) is 5.75 Å². The number of furan rings is 1. The summed E-state index contributed by atoms with van der Waals surface area (Å²) in [5.74, 6) is 2.59. The number of nitrogens with two attached hydrogens (primary N) is 1. The highest BCUT2D eigenvalue weighted by Crippen LogP contribution is 2.38. The van der Waals surface area contributed by atoms with Crippen LogP contribution in [-0.4, -0.2) is 16.0 Å². The normalized spacial score (nSPS) is 13.1. The van der Waals surface area contributed by atoms with Gasteiger partial charge in [0.15, 0.2) is 6.61 Å². The van der Waals surface area contributed by atoms with Gasteiger partial charge in [-0.25, -0.2) is 0 Å². The van der Waals surface area contributed by atoms with Gasteiger partial charge in [-0.2, -0.15) is 4.98 Å². The molecule has 2 aromatic heterocycles. The molecule has 0 radical (unpaired) electrons. The summed E-state index contributed by atoms with van der Waals surface area (Å²) in [6.45, 7) is 0.487. The molecule has 3 aromatic rings. The van der Waals surface area contributed by atoms with E-state index >= 15 is 0 Å². The van der Waals surface area contributed by atoms with Crippen molar-refractivity contribution in [3.63, 3.8) is 0 Å². The highest BCUT2D eigenvalue weighted by atomic mass is 35.5. The van der Waals surface area contributed by atoms with Crippen LogP contribution in [0, 0.1) is 0 Å². The van der Waals surface area contributed by atoms with Crippen molar-refractivity contribution in [2.24, 2.45) is 5.73 Å². The number of amides is 1. The number of halogens is 1. The minimum atomic E-state index is -0.262. The fourth-order valence-electron chi connectivity index (χ4n) is 2.41. The molecule has 1 amide bonds. The molecule has 1 aliphatic rings. The molecular weight excluding hydrogens is 372 g/mol. The number of benzene rings is 1. The molecule has 1 aromatic carbocycles. The van der Waals surface area contributed by atoms with E-state index in [1.54, 1.807) is 30.3 Å². The van der Waals surface area contributed by atoms with Gasteiger partial charge in [0.05, 0.1) is 12.1 Å². The van der Waals surface area contributed by atoms with Gasteiger partial charge < -0.3 is 24.7 Å². The van der Waals surface area contributed by atoms with E-state index in [-0.39, 0.29) is 31.5 Å². The second-order valence-electron chi connectivity index (χ2n) is 6.10. The van der Waals surface area contributed by atoms with Gasteiger partial charge in [-0.3, -0.25) is 4.79 Å². The third-order valence-electron chi connectivity index (χ3n) is 4.01. The predicted octanol–water partition coefficient (Wildman–Crippen LogP) is 3.25. The van der Waals surface area contributed by atoms with Gasteiger partial charge in [-0.15, -0.1) is 12.4 Å². The molecule has 8 nitrogen and oxygen atoms in total. The number of ether oxygens (including phenoxy) is 1. The molecule has 4 rings (SSSR count). The molecule has 0 atom stereocenters. The minimum Gasteiger partial charge on any atom is -0.485 e. The maximum atomic E-state index is 12.1. The highest BCUT2D eigenvalue weighted by Gasteiger charge is 2.29. The van der Waals surface area contributed by atoms with E-state index in [9.17, 15) is 4.79 Å². The number of carbonyl (C=O) groups excluding carboxylic acids is 1. The Morgan fingerprint density at radius 2 is 2.07 bits per heavy atom. The van der Waals surface area contributed by atoms with Crippen LogP contribution in [0.2, 0.25) is 0 Å². The van der Waals surface area contributed by atoms with E-state index in [0.29, 0.717) is 40.4 Å². The first kappa shape index (κ1) is 18.9. The lowest BCUT2D eigenvalue weighted by Gasteiger charge is -2.06. The van der Waals surface area contributed by atoms with Crippen LogP contribution in [-0.2, 0) is 13.2 Å². The van der Waals surface area contributed by atoms with Gasteiger partial charge in [0.1, 0.15) is 17.8 Å². The third-order valence-corrected chi connectivity index (χ3v) is 4.01. The monoisotopic (exact) mass is 390 g/mol. The fraction of sp³-hybridized carbons (Fsp3) is 0.278. The first-order chi connectivity index (χ1) is 12.7. The van der Waals surface area contributed by atoms with Gasteiger partial charge in [-0.1, -0.05) is 5.16 Å². The van der Waals surface area contributed by atoms with E-state index in [4.69, 9.17) is 19.4 Å². The molecule has 0 spiro atoms. The Labute approximate surface area is 161 Å². The Hall–Kier alpha value is -2.84. The Bertz CT molecular complexity index is 902. The smallest absolute Gasteiger partial charge is 0.258 e. The average molecular weight is 391 g/mol. The van der Waals surface area contributed by atoms with Crippen LogP contribution in [0.4, 0.5) is 5.69 Å². The van der Waals surface area contributed by atoms with Crippen molar-refractivity contribution >= 4 is 24.0 Å². The molecule has 9 heteroatoms. The van der Waals surface area contributed by atoms with Crippen molar-refractivity contribution in [2.75, 3.05) is 5.32 Å². The second kappa shape index (κ2) is 8.24. The third kappa shape index (κ3) is 4.66. The summed E-state index contributed by atoms with van der Waals surface area (Å²) in [4.78, 5) is 16.4. The van der Waals surface area contributed by atoms with Crippen LogP contribution in [0.5, 0.6) is 5.75 Å². The molecule has 1 aliphatic carbocycles. The lowest BCUT2D eigenvalue weighted by Crippen LogP contribution is -2.10. The van der Waals surface area contributed by atoms with Crippen LogP contribution in [0.15, 0.2) is 45.5 Å². The number of rotatable bonds is 7. The van der Waals surface area contributed by atoms with Crippen LogP contribution in [0.25, 0.3) is 0 Å². The van der Waals surface area contributed by atoms with Gasteiger partial charge in [0.2, 0.25) is 11.7 Å². The van der Waals surface area contributed by atoms with Gasteiger partial charge >= 0.3 is 0 Å². The standard InChI is InChI=1S/C18H18N4O4.ClH/c19-8-15-7-12(9-24-15)17(23)20-13-3-5-14(6-4-13)25-10-16-21-18(26-22-16)11-1-2-11;/h3-7,9,11H,1-2,8,10,19H2,(H,20,23);1H. The Morgan fingerprint density at radius 1 is 1.30 bits per heavy atom. The zero-order chi connectivity index (χ0) is 17.9. The van der Waals surface area contributed by atoms with E-state index < -0.39 is 0 Å². The van der Waals surface area contributed by atoms with Crippen molar-refractivity contribution in [3.05, 3.63) is 59.6 Å². The number of hydrogen-bond donors (Lipinski definition) is 2. The van der Waals surface area contributed by atoms with E-state index in [1.165, 1.54) is 6.26 Å². The summed E-state index contributed by atoms with van der Waals surface area (Å²) in [6, 6.07) is 8.65. The average Bonchev–Trinajstić information content (AvgIpc) is 3.21. The zero-order valence-corrected chi connectivity index (χ0v) is 15.2. The second-order valence-corrected chi connectivity index (χ2v) is 6.10. The maximum Gasteiger partial charge on any atom is 0.258 e. The highest BCUT2D eigenvalue weighted by molar-refractivity contribution is 6.04. The molecule has 0 bridgehead atoms. The van der Waals surface area contributed by atoms with Crippen LogP contribution >= 0.6 is 12.4 Å². The molecule has 0 aliphatic heterocycles. The summed E-state index contributed by atoms with van der Waals surface area (Å²) in [5.41, 5.74) is 6.54. The van der Waals surface area contributed by atoms with Gasteiger partial charge in [0, 0.05) is 11.6 Å². The largest absolute Gasteiger partial charge is 0.485 e. The van der Waals surface area contributed by atoms with Crippen molar-refractivity contribution in [2.45, 2.75) is 31.9 Å². The summed E-state index contributed by atoms with van der Waals surface area (Å²) in [5, 5.41) is 6.69. The van der Waals surface area contributed by atoms with E-state index in [0.717, 1.165) is 12.8 Å². The summed E-state index contributed by atoms with van der Waals surface area (Å²) >= 11 is 0. The molecule has 3 N–H and O–H groups in total. The van der Waals surface area contributed by atoms with Crippen LogP contribution in [0.1, 0.15) is 46.6 Å². The molecule has 1 saturated carbocycles. The molecule has 1 fully saturated rings. The number of aromatic nitrogens is 2. The number of anilines is 1. The summed E-state index contributed by atoms with van der Waals surface area (Å²) < 4.78 is 16.0. The minimum absolute atomic E-state index is 0. The van der Waals surface area contributed by atoms with E-state index in [2.05, 4.69) is 15.5 Å². The predicted molar refractivity (Wildman–Crippen MR) is 98.8 cm³/mol. The lowest BCUT2D eigenvalue weighted by molar-refractivity contribution is 0.102. The fourth-order valence-corrected chi connectivity index (χ4v) is 2.41. The Morgan fingerprint density at radius 3 is 2.74 bits per heavy atom. The molecule has 27 heavy (non-hydrogen) atoms. The number of hydrogen-bond acceptors (Lipinski definition) is 7.